The Labute approximate surface area is 129 Å². The lowest BCUT2D eigenvalue weighted by Gasteiger charge is -2.11. The smallest absolute Gasteiger partial charge is 0.145 e. The third kappa shape index (κ3) is 3.38. The standard InChI is InChI=1S/C13H8BrCl2N3/c14-9-4-10(15)13(11(16)5-9)19-7-8-2-1-3-18-12(8)6-17/h1-5,19H,7H2. The number of benzene rings is 1. The molecule has 0 aliphatic heterocycles. The molecule has 1 aromatic heterocycles. The molecule has 0 atom stereocenters. The second-order valence-electron chi connectivity index (χ2n) is 3.72. The van der Waals surface area contributed by atoms with Crippen molar-refractivity contribution in [2.75, 3.05) is 5.32 Å². The van der Waals surface area contributed by atoms with Crippen molar-refractivity contribution in [2.24, 2.45) is 0 Å². The van der Waals surface area contributed by atoms with E-state index in [2.05, 4.69) is 26.2 Å². The summed E-state index contributed by atoms with van der Waals surface area (Å²) < 4.78 is 0.812. The molecule has 0 spiro atoms. The highest BCUT2D eigenvalue weighted by Crippen LogP contribution is 2.34. The van der Waals surface area contributed by atoms with Gasteiger partial charge < -0.3 is 5.32 Å². The van der Waals surface area contributed by atoms with E-state index in [4.69, 9.17) is 28.5 Å². The van der Waals surface area contributed by atoms with Gasteiger partial charge >= 0.3 is 0 Å². The molecular weight excluding hydrogens is 349 g/mol. The molecular formula is C13H8BrCl2N3. The highest BCUT2D eigenvalue weighted by molar-refractivity contribution is 9.10. The molecule has 19 heavy (non-hydrogen) atoms. The summed E-state index contributed by atoms with van der Waals surface area (Å²) in [5.74, 6) is 0. The highest BCUT2D eigenvalue weighted by Gasteiger charge is 2.08. The van der Waals surface area contributed by atoms with Crippen LogP contribution < -0.4 is 5.32 Å². The van der Waals surface area contributed by atoms with Crippen LogP contribution in [-0.4, -0.2) is 4.98 Å². The first-order chi connectivity index (χ1) is 9.11. The first-order valence-electron chi connectivity index (χ1n) is 5.34. The van der Waals surface area contributed by atoms with Crippen LogP contribution in [0.2, 0.25) is 10.0 Å². The molecule has 0 amide bonds. The maximum absolute atomic E-state index is 8.96. The van der Waals surface area contributed by atoms with Crippen molar-refractivity contribution in [1.29, 1.82) is 5.26 Å². The first kappa shape index (κ1) is 14.1. The van der Waals surface area contributed by atoms with Gasteiger partial charge in [-0.2, -0.15) is 5.26 Å². The Morgan fingerprint density at radius 3 is 2.63 bits per heavy atom. The number of hydrogen-bond donors (Lipinski definition) is 1. The lowest BCUT2D eigenvalue weighted by Crippen LogP contribution is -2.03. The van der Waals surface area contributed by atoms with E-state index in [-0.39, 0.29) is 0 Å². The van der Waals surface area contributed by atoms with Gasteiger partial charge in [-0.05, 0) is 18.2 Å². The second kappa shape index (κ2) is 6.25. The molecule has 3 nitrogen and oxygen atoms in total. The minimum absolute atomic E-state index is 0.388. The van der Waals surface area contributed by atoms with Crippen molar-refractivity contribution >= 4 is 44.8 Å². The van der Waals surface area contributed by atoms with E-state index in [1.807, 2.05) is 12.1 Å². The van der Waals surface area contributed by atoms with Crippen LogP contribution in [0.1, 0.15) is 11.3 Å². The van der Waals surface area contributed by atoms with Crippen molar-refractivity contribution in [3.63, 3.8) is 0 Å². The molecule has 1 N–H and O–H groups in total. The largest absolute Gasteiger partial charge is 0.378 e. The topological polar surface area (TPSA) is 48.7 Å². The number of aromatic nitrogens is 1. The predicted molar refractivity (Wildman–Crippen MR) is 80.4 cm³/mol. The summed E-state index contributed by atoms with van der Waals surface area (Å²) in [6.07, 6.45) is 1.58. The van der Waals surface area contributed by atoms with Gasteiger partial charge in [0.25, 0.3) is 0 Å². The highest BCUT2D eigenvalue weighted by atomic mass is 79.9. The van der Waals surface area contributed by atoms with E-state index < -0.39 is 0 Å². The van der Waals surface area contributed by atoms with Crippen LogP contribution in [0, 0.1) is 11.3 Å². The zero-order valence-corrected chi connectivity index (χ0v) is 12.7. The molecule has 0 saturated heterocycles. The molecule has 0 bridgehead atoms. The van der Waals surface area contributed by atoms with E-state index in [0.29, 0.717) is 28.0 Å². The van der Waals surface area contributed by atoms with E-state index in [0.717, 1.165) is 10.0 Å². The monoisotopic (exact) mass is 355 g/mol. The Kier molecular flexibility index (Phi) is 4.65. The summed E-state index contributed by atoms with van der Waals surface area (Å²) in [5, 5.41) is 13.1. The molecule has 2 rings (SSSR count). The normalized spacial score (nSPS) is 10.0. The van der Waals surface area contributed by atoms with Crippen LogP contribution in [0.5, 0.6) is 0 Å². The van der Waals surface area contributed by atoms with Gasteiger partial charge in [0.05, 0.1) is 15.7 Å². The van der Waals surface area contributed by atoms with Crippen LogP contribution in [0.3, 0.4) is 0 Å². The number of hydrogen-bond acceptors (Lipinski definition) is 3. The summed E-state index contributed by atoms with van der Waals surface area (Å²) in [6.45, 7) is 0.428. The van der Waals surface area contributed by atoms with Crippen LogP contribution in [-0.2, 0) is 6.54 Å². The maximum atomic E-state index is 8.96. The molecule has 0 saturated carbocycles. The van der Waals surface area contributed by atoms with Crippen molar-refractivity contribution in [2.45, 2.75) is 6.54 Å². The quantitative estimate of drug-likeness (QED) is 0.871. The Balaban J connectivity index is 2.22. The molecule has 0 aliphatic rings. The SMILES string of the molecule is N#Cc1ncccc1CNc1c(Cl)cc(Br)cc1Cl. The van der Waals surface area contributed by atoms with Gasteiger partial charge in [-0.25, -0.2) is 4.98 Å². The molecule has 2 aromatic rings. The fraction of sp³-hybridized carbons (Fsp3) is 0.0769. The molecule has 0 unspecified atom stereocenters. The van der Waals surface area contributed by atoms with E-state index in [1.165, 1.54) is 0 Å². The second-order valence-corrected chi connectivity index (χ2v) is 5.45. The zero-order valence-electron chi connectivity index (χ0n) is 9.62. The number of nitriles is 1. The lowest BCUT2D eigenvalue weighted by molar-refractivity contribution is 1.09. The van der Waals surface area contributed by atoms with Crippen molar-refractivity contribution < 1.29 is 0 Å². The fourth-order valence-electron chi connectivity index (χ4n) is 1.58. The summed E-state index contributed by atoms with van der Waals surface area (Å²) >= 11 is 15.6. The maximum Gasteiger partial charge on any atom is 0.145 e. The Morgan fingerprint density at radius 2 is 2.00 bits per heavy atom. The van der Waals surface area contributed by atoms with Crippen molar-refractivity contribution in [1.82, 2.24) is 4.98 Å². The third-order valence-electron chi connectivity index (χ3n) is 2.46. The Hall–Kier alpha value is -1.28. The molecule has 1 heterocycles. The van der Waals surface area contributed by atoms with Crippen LogP contribution >= 0.6 is 39.1 Å². The number of pyridine rings is 1. The summed E-state index contributed by atoms with van der Waals surface area (Å²) in [6, 6.07) is 9.17. The number of halogens is 3. The minimum atomic E-state index is 0.388. The van der Waals surface area contributed by atoms with Crippen molar-refractivity contribution in [3.05, 3.63) is 56.2 Å². The number of nitrogens with zero attached hydrogens (tertiary/aromatic N) is 2. The summed E-state index contributed by atoms with van der Waals surface area (Å²) in [4.78, 5) is 3.99. The van der Waals surface area contributed by atoms with Crippen molar-refractivity contribution in [3.8, 4) is 6.07 Å². The van der Waals surface area contributed by atoms with E-state index >= 15 is 0 Å². The first-order valence-corrected chi connectivity index (χ1v) is 6.89. The van der Waals surface area contributed by atoms with E-state index in [1.54, 1.807) is 24.4 Å². The van der Waals surface area contributed by atoms with E-state index in [9.17, 15) is 0 Å². The van der Waals surface area contributed by atoms with Gasteiger partial charge in [-0.1, -0.05) is 45.2 Å². The molecule has 96 valence electrons. The number of nitrogens with one attached hydrogen (secondary N) is 1. The minimum Gasteiger partial charge on any atom is -0.378 e. The number of rotatable bonds is 3. The van der Waals surface area contributed by atoms with Crippen LogP contribution in [0.15, 0.2) is 34.9 Å². The molecule has 0 fully saturated rings. The summed E-state index contributed by atoms with van der Waals surface area (Å²) in [7, 11) is 0. The average Bonchev–Trinajstić information content (AvgIpc) is 2.38. The molecule has 0 radical (unpaired) electrons. The zero-order chi connectivity index (χ0) is 13.8. The molecule has 1 aromatic carbocycles. The average molecular weight is 357 g/mol. The molecule has 6 heteroatoms. The number of anilines is 1. The van der Waals surface area contributed by atoms with Gasteiger partial charge in [0.15, 0.2) is 0 Å². The lowest BCUT2D eigenvalue weighted by atomic mass is 10.2. The van der Waals surface area contributed by atoms with Gasteiger partial charge in [-0.3, -0.25) is 0 Å². The predicted octanol–water partition coefficient (Wildman–Crippen LogP) is 4.63. The van der Waals surface area contributed by atoms with Gasteiger partial charge in [0.2, 0.25) is 0 Å². The van der Waals surface area contributed by atoms with Crippen LogP contribution in [0.4, 0.5) is 5.69 Å². The third-order valence-corrected chi connectivity index (χ3v) is 3.51. The van der Waals surface area contributed by atoms with Crippen LogP contribution in [0.25, 0.3) is 0 Å². The van der Waals surface area contributed by atoms with Gasteiger partial charge in [0, 0.05) is 22.8 Å². The molecule has 0 aliphatic carbocycles. The van der Waals surface area contributed by atoms with Gasteiger partial charge in [-0.15, -0.1) is 0 Å². The Morgan fingerprint density at radius 1 is 1.32 bits per heavy atom. The summed E-state index contributed by atoms with van der Waals surface area (Å²) in [5.41, 5.74) is 1.82. The Bertz CT molecular complexity index is 630. The van der Waals surface area contributed by atoms with Gasteiger partial charge in [0.1, 0.15) is 11.8 Å². The fourth-order valence-corrected chi connectivity index (χ4v) is 2.92.